The molecule has 5 aliphatic rings. The van der Waals surface area contributed by atoms with E-state index >= 15 is 0 Å². The van der Waals surface area contributed by atoms with E-state index in [1.54, 1.807) is 48.5 Å². The van der Waals surface area contributed by atoms with Gasteiger partial charge in [0.15, 0.2) is 46.0 Å². The first-order valence-electron chi connectivity index (χ1n) is 24.1. The molecule has 8 N–H and O–H groups in total. The normalized spacial score (nSPS) is 14.1. The predicted molar refractivity (Wildman–Crippen MR) is 273 cm³/mol. The van der Waals surface area contributed by atoms with Gasteiger partial charge in [-0.3, -0.25) is 0 Å². The zero-order valence-electron chi connectivity index (χ0n) is 39.0. The lowest BCUT2D eigenvalue weighted by Crippen LogP contribution is -2.04. The fraction of sp³-hybridized carbons (Fsp3) is 0.0714. The van der Waals surface area contributed by atoms with Gasteiger partial charge in [-0.05, 0) is 68.8 Å². The van der Waals surface area contributed by atoms with E-state index in [0.29, 0.717) is 162 Å². The fourth-order valence-electron chi connectivity index (χ4n) is 11.1. The molecular formula is C56H32N8O12. The molecule has 76 heavy (non-hydrogen) atoms. The molecular weight excluding hydrogens is 977 g/mol. The second kappa shape index (κ2) is 14.5. The number of hydrogen-bond donors (Lipinski definition) is 8. The Morgan fingerprint density at radius 2 is 0.342 bits per heavy atom. The van der Waals surface area contributed by atoms with Gasteiger partial charge in [0.05, 0.1) is 44.1 Å². The van der Waals surface area contributed by atoms with Gasteiger partial charge in [-0.15, -0.1) is 0 Å². The summed E-state index contributed by atoms with van der Waals surface area (Å²) in [6.45, 7) is 0. The van der Waals surface area contributed by atoms with Crippen LogP contribution in [-0.2, 0) is 25.7 Å². The van der Waals surface area contributed by atoms with Crippen LogP contribution in [0.1, 0.15) is 44.5 Å². The molecule has 8 aromatic carbocycles. The highest BCUT2D eigenvalue weighted by Crippen LogP contribution is 2.53. The number of aromatic nitrogens is 8. The predicted octanol–water partition coefficient (Wildman–Crippen LogP) is 10.6. The molecule has 0 saturated heterocycles. The molecule has 0 amide bonds. The molecule has 1 aliphatic carbocycles. The first-order valence-corrected chi connectivity index (χ1v) is 24.1. The van der Waals surface area contributed by atoms with Gasteiger partial charge in [0.2, 0.25) is 0 Å². The summed E-state index contributed by atoms with van der Waals surface area (Å²) in [5.41, 5.74) is 8.57. The maximum Gasteiger partial charge on any atom is 0.323 e. The Balaban J connectivity index is 0.979. The van der Waals surface area contributed by atoms with E-state index in [1.165, 1.54) is 0 Å². The van der Waals surface area contributed by atoms with Crippen LogP contribution in [0, 0.1) is 0 Å². The van der Waals surface area contributed by atoms with E-state index in [9.17, 15) is 19.2 Å². The van der Waals surface area contributed by atoms with Crippen LogP contribution < -0.4 is 60.7 Å². The maximum atomic E-state index is 12.7. The number of imidazole rings is 4. The molecule has 0 saturated carbocycles. The quantitative estimate of drug-likeness (QED) is 0.0705. The van der Waals surface area contributed by atoms with E-state index in [2.05, 4.69) is 64.1 Å². The van der Waals surface area contributed by atoms with Crippen molar-refractivity contribution in [3.8, 4) is 92.0 Å². The van der Waals surface area contributed by atoms with E-state index < -0.39 is 22.8 Å². The van der Waals surface area contributed by atoms with Gasteiger partial charge in [-0.1, -0.05) is 0 Å². The number of fused-ring (bicyclic) bond motifs is 8. The topological polar surface area (TPSA) is 268 Å². The van der Waals surface area contributed by atoms with Gasteiger partial charge >= 0.3 is 22.8 Å². The summed E-state index contributed by atoms with van der Waals surface area (Å²) in [6, 6.07) is 29.3. The molecule has 20 nitrogen and oxygen atoms in total. The van der Waals surface area contributed by atoms with Crippen molar-refractivity contribution in [2.75, 3.05) is 0 Å². The molecule has 12 aromatic rings. The Kier molecular flexibility index (Phi) is 7.77. The van der Waals surface area contributed by atoms with E-state index in [0.717, 1.165) is 44.5 Å². The van der Waals surface area contributed by atoms with Crippen LogP contribution in [0.25, 0.3) is 44.1 Å². The number of aromatic amines is 8. The van der Waals surface area contributed by atoms with Crippen molar-refractivity contribution in [2.24, 2.45) is 0 Å². The highest BCUT2D eigenvalue weighted by molar-refractivity contribution is 5.83. The lowest BCUT2D eigenvalue weighted by atomic mass is 9.91. The van der Waals surface area contributed by atoms with Crippen LogP contribution >= 0.6 is 0 Å². The van der Waals surface area contributed by atoms with Crippen LogP contribution in [0.3, 0.4) is 0 Å². The second-order valence-electron chi connectivity index (χ2n) is 19.5. The highest BCUT2D eigenvalue weighted by Gasteiger charge is 2.31. The Hall–Kier alpha value is -10.8. The summed E-state index contributed by atoms with van der Waals surface area (Å²) < 4.78 is 55.3. The number of rotatable bonds is 0. The number of ether oxygens (including phenoxy) is 8. The van der Waals surface area contributed by atoms with Crippen molar-refractivity contribution in [1.82, 2.24) is 39.9 Å². The fourth-order valence-corrected chi connectivity index (χ4v) is 11.1. The minimum absolute atomic E-state index is 0.303. The first kappa shape index (κ1) is 40.8. The molecule has 0 radical (unpaired) electrons. The molecule has 368 valence electrons. The van der Waals surface area contributed by atoms with Crippen molar-refractivity contribution in [3.63, 3.8) is 0 Å². The Labute approximate surface area is 421 Å². The Morgan fingerprint density at radius 1 is 0.197 bits per heavy atom. The van der Waals surface area contributed by atoms with Crippen LogP contribution in [0.4, 0.5) is 0 Å². The largest absolute Gasteiger partial charge is 0.453 e. The molecule has 0 unspecified atom stereocenters. The lowest BCUT2D eigenvalue weighted by Gasteiger charge is -2.19. The zero-order valence-corrected chi connectivity index (χ0v) is 39.0. The van der Waals surface area contributed by atoms with Crippen LogP contribution in [-0.4, -0.2) is 39.9 Å². The number of H-pyrrole nitrogens is 8. The van der Waals surface area contributed by atoms with Gasteiger partial charge in [0, 0.05) is 98.5 Å². The lowest BCUT2D eigenvalue weighted by molar-refractivity contribution is 0.401. The van der Waals surface area contributed by atoms with Crippen molar-refractivity contribution in [2.45, 2.75) is 25.7 Å². The number of nitrogens with one attached hydrogen (secondary N) is 8. The second-order valence-corrected chi connectivity index (χ2v) is 19.5. The van der Waals surface area contributed by atoms with Gasteiger partial charge in [0.25, 0.3) is 0 Å². The van der Waals surface area contributed by atoms with Crippen molar-refractivity contribution >= 4 is 44.1 Å². The van der Waals surface area contributed by atoms with Gasteiger partial charge in [-0.2, -0.15) is 0 Å². The summed E-state index contributed by atoms with van der Waals surface area (Å²) in [5.74, 6) is 5.99. The molecule has 0 atom stereocenters. The summed E-state index contributed by atoms with van der Waals surface area (Å²) in [6.07, 6.45) is 1.21. The van der Waals surface area contributed by atoms with Gasteiger partial charge in [0.1, 0.15) is 46.0 Å². The minimum Gasteiger partial charge on any atom is -0.453 e. The standard InChI is InChI=1S/C56H32N8O12/c65-53-57-29-9-45-46(10-30(29)58-53)70-38-18-40-24-3-26-8-28-4-27-7-25-2-23-5-21(1-22(38)6-24)37(69-45)17-39(23)71-47-11-31-33(61-54(66)59-31)13-49(47)73-41(25)19-43(27)75-51-15-35-36(64-56(68)63-35)16-52(51)76-44(28)20-42(26)74-50-14-34-32(12-48(50)72-40)60-55(67)62-34/h5-20H,1-4H2,(H2,57,58,65)(H2,59,61,66)(H2,60,62,67)(H2,63,64,68). The molecule has 0 fully saturated rings. The van der Waals surface area contributed by atoms with Gasteiger partial charge < -0.3 is 77.8 Å². The van der Waals surface area contributed by atoms with Crippen LogP contribution in [0.15, 0.2) is 116 Å². The van der Waals surface area contributed by atoms with E-state index in [-0.39, 0.29) is 0 Å². The SMILES string of the molecule is O=c1[nH]c2cc3c(cc2[nH]1)Oc1cc2c4cc1Cc1cc5c(cc1O3)Oc1cc3[nH]c(=O)[nH]c3cc1Oc1cc3c(cc1C5)Cc1cc(c(cc1Oc1cc5[nH]c(=O)[nH]c5cc1O3)Oc1cc3[nH]c(=O)[nH]c3cc1O2)C4. The Morgan fingerprint density at radius 3 is 0.487 bits per heavy atom. The van der Waals surface area contributed by atoms with Gasteiger partial charge in [-0.25, -0.2) is 19.2 Å². The summed E-state index contributed by atoms with van der Waals surface area (Å²) >= 11 is 0. The molecule has 17 rings (SSSR count). The smallest absolute Gasteiger partial charge is 0.323 e. The van der Waals surface area contributed by atoms with Crippen LogP contribution in [0.5, 0.6) is 92.0 Å². The van der Waals surface area contributed by atoms with Crippen molar-refractivity contribution < 1.29 is 37.9 Å². The van der Waals surface area contributed by atoms with Crippen LogP contribution in [0.2, 0.25) is 0 Å². The summed E-state index contributed by atoms with van der Waals surface area (Å²) in [7, 11) is 0. The van der Waals surface area contributed by atoms with Crippen molar-refractivity contribution in [1.29, 1.82) is 0 Å². The third-order valence-electron chi connectivity index (χ3n) is 14.6. The zero-order chi connectivity index (χ0) is 50.2. The summed E-state index contributed by atoms with van der Waals surface area (Å²) in [5, 5.41) is 0. The molecule has 20 heteroatoms. The number of hydrogen-bond acceptors (Lipinski definition) is 12. The molecule has 4 aromatic heterocycles. The number of benzene rings is 8. The molecule has 4 aliphatic heterocycles. The molecule has 8 heterocycles. The van der Waals surface area contributed by atoms with E-state index in [1.807, 2.05) is 24.3 Å². The molecule has 8 bridgehead atoms. The average Bonchev–Trinajstić information content (AvgIpc) is 4.18. The third-order valence-corrected chi connectivity index (χ3v) is 14.6. The average molecular weight is 1010 g/mol. The third kappa shape index (κ3) is 6.30. The minimum atomic E-state index is -0.403. The Bertz CT molecular complexity index is 4030. The highest BCUT2D eigenvalue weighted by atomic mass is 16.5. The molecule has 0 spiro atoms. The summed E-state index contributed by atoms with van der Waals surface area (Å²) in [4.78, 5) is 73.6. The maximum absolute atomic E-state index is 12.7. The first-order chi connectivity index (χ1) is 37.0. The monoisotopic (exact) mass is 1010 g/mol. The van der Waals surface area contributed by atoms with E-state index in [4.69, 9.17) is 37.9 Å². The van der Waals surface area contributed by atoms with Crippen molar-refractivity contribution in [3.05, 3.63) is 184 Å².